The van der Waals surface area contributed by atoms with Crippen LogP contribution in [0, 0.1) is 17.2 Å². The summed E-state index contributed by atoms with van der Waals surface area (Å²) in [6, 6.07) is 9.47. The molecule has 1 rings (SSSR count). The van der Waals surface area contributed by atoms with E-state index in [1.165, 1.54) is 0 Å². The highest BCUT2D eigenvalue weighted by atomic mass is 16.5. The van der Waals surface area contributed by atoms with Crippen LogP contribution in [-0.2, 0) is 4.79 Å². The normalized spacial score (nSPS) is 11.4. The van der Waals surface area contributed by atoms with Crippen molar-refractivity contribution in [3.63, 3.8) is 0 Å². The molecule has 1 aromatic rings. The third kappa shape index (κ3) is 5.28. The minimum Gasteiger partial charge on any atom is -0.497 e. The quantitative estimate of drug-likeness (QED) is 0.658. The Morgan fingerprint density at radius 3 is 2.59 bits per heavy atom. The van der Waals surface area contributed by atoms with Crippen molar-refractivity contribution in [2.75, 3.05) is 26.8 Å². The third-order valence-electron chi connectivity index (χ3n) is 3.48. The first-order valence-corrected chi connectivity index (χ1v) is 7.61. The fourth-order valence-electron chi connectivity index (χ4n) is 2.17. The lowest BCUT2D eigenvalue weighted by molar-refractivity contribution is -0.133. The molecule has 0 spiro atoms. The number of nitriles is 1. The van der Waals surface area contributed by atoms with Gasteiger partial charge >= 0.3 is 0 Å². The molecule has 1 aromatic carbocycles. The Bertz CT molecular complexity index is 507. The Morgan fingerprint density at radius 1 is 1.32 bits per heavy atom. The lowest BCUT2D eigenvalue weighted by Crippen LogP contribution is -2.35. The Balaban J connectivity index is 2.41. The molecule has 120 valence electrons. The minimum atomic E-state index is -0.589. The van der Waals surface area contributed by atoms with E-state index >= 15 is 0 Å². The number of hydrogen-bond donors (Lipinski definition) is 0. The van der Waals surface area contributed by atoms with Crippen LogP contribution in [-0.4, -0.2) is 37.6 Å². The lowest BCUT2D eigenvalue weighted by atomic mass is 10.0. The van der Waals surface area contributed by atoms with Crippen molar-refractivity contribution in [1.29, 1.82) is 5.26 Å². The Labute approximate surface area is 132 Å². The SMILES string of the molecule is CCN(CC)C(=O)C(C#N)CCCOc1cccc(OC)c1. The maximum absolute atomic E-state index is 12.1. The van der Waals surface area contributed by atoms with Crippen LogP contribution in [0.5, 0.6) is 11.5 Å². The first-order chi connectivity index (χ1) is 10.7. The second-order valence-corrected chi connectivity index (χ2v) is 4.86. The molecule has 0 N–H and O–H groups in total. The summed E-state index contributed by atoms with van der Waals surface area (Å²) >= 11 is 0. The molecule has 0 aromatic heterocycles. The van der Waals surface area contributed by atoms with Gasteiger partial charge in [0.15, 0.2) is 0 Å². The van der Waals surface area contributed by atoms with E-state index in [4.69, 9.17) is 14.7 Å². The highest BCUT2D eigenvalue weighted by molar-refractivity contribution is 5.81. The lowest BCUT2D eigenvalue weighted by Gasteiger charge is -2.21. The molecule has 0 fully saturated rings. The van der Waals surface area contributed by atoms with Gasteiger partial charge in [0, 0.05) is 19.2 Å². The zero-order valence-corrected chi connectivity index (χ0v) is 13.5. The molecular formula is C17H24N2O3. The van der Waals surface area contributed by atoms with Gasteiger partial charge < -0.3 is 14.4 Å². The minimum absolute atomic E-state index is 0.0890. The number of carbonyl (C=O) groups excluding carboxylic acids is 1. The number of nitrogens with zero attached hydrogens (tertiary/aromatic N) is 2. The van der Waals surface area contributed by atoms with Gasteiger partial charge in [-0.1, -0.05) is 6.07 Å². The monoisotopic (exact) mass is 304 g/mol. The molecule has 5 nitrogen and oxygen atoms in total. The summed E-state index contributed by atoms with van der Waals surface area (Å²) in [6.45, 7) is 5.57. The Kier molecular flexibility index (Phi) is 7.84. The second-order valence-electron chi connectivity index (χ2n) is 4.86. The maximum atomic E-state index is 12.1. The first kappa shape index (κ1) is 17.8. The predicted molar refractivity (Wildman–Crippen MR) is 84.8 cm³/mol. The van der Waals surface area contributed by atoms with Crippen LogP contribution in [0.2, 0.25) is 0 Å². The van der Waals surface area contributed by atoms with E-state index in [2.05, 4.69) is 6.07 Å². The van der Waals surface area contributed by atoms with E-state index in [-0.39, 0.29) is 5.91 Å². The molecule has 0 aliphatic carbocycles. The molecule has 0 aliphatic heterocycles. The van der Waals surface area contributed by atoms with Crippen molar-refractivity contribution in [2.24, 2.45) is 5.92 Å². The third-order valence-corrected chi connectivity index (χ3v) is 3.48. The molecule has 22 heavy (non-hydrogen) atoms. The van der Waals surface area contributed by atoms with Crippen LogP contribution >= 0.6 is 0 Å². The van der Waals surface area contributed by atoms with Gasteiger partial charge in [-0.05, 0) is 38.8 Å². The van der Waals surface area contributed by atoms with E-state index in [0.717, 1.165) is 11.5 Å². The number of benzene rings is 1. The van der Waals surface area contributed by atoms with Crippen LogP contribution in [0.25, 0.3) is 0 Å². The van der Waals surface area contributed by atoms with E-state index in [1.54, 1.807) is 12.0 Å². The summed E-state index contributed by atoms with van der Waals surface area (Å²) in [5, 5.41) is 9.17. The van der Waals surface area contributed by atoms with E-state index < -0.39 is 5.92 Å². The van der Waals surface area contributed by atoms with Crippen molar-refractivity contribution >= 4 is 5.91 Å². The summed E-state index contributed by atoms with van der Waals surface area (Å²) < 4.78 is 10.7. The zero-order chi connectivity index (χ0) is 16.4. The molecule has 1 atom stereocenters. The smallest absolute Gasteiger partial charge is 0.239 e. The number of rotatable bonds is 9. The Hall–Kier alpha value is -2.22. The van der Waals surface area contributed by atoms with Crippen molar-refractivity contribution in [3.8, 4) is 17.6 Å². The van der Waals surface area contributed by atoms with Crippen LogP contribution in [0.4, 0.5) is 0 Å². The summed E-state index contributed by atoms with van der Waals surface area (Å²) in [6.07, 6.45) is 1.16. The molecule has 0 radical (unpaired) electrons. The number of methoxy groups -OCH3 is 1. The van der Waals surface area contributed by atoms with Gasteiger partial charge in [-0.15, -0.1) is 0 Å². The van der Waals surface area contributed by atoms with Gasteiger partial charge in [0.2, 0.25) is 5.91 Å². The van der Waals surface area contributed by atoms with Crippen molar-refractivity contribution < 1.29 is 14.3 Å². The van der Waals surface area contributed by atoms with E-state index in [1.807, 2.05) is 38.1 Å². The topological polar surface area (TPSA) is 62.6 Å². The average Bonchev–Trinajstić information content (AvgIpc) is 2.56. The molecule has 0 saturated heterocycles. The van der Waals surface area contributed by atoms with Crippen molar-refractivity contribution in [2.45, 2.75) is 26.7 Å². The van der Waals surface area contributed by atoms with Gasteiger partial charge in [-0.2, -0.15) is 5.26 Å². The number of hydrogen-bond acceptors (Lipinski definition) is 4. The van der Waals surface area contributed by atoms with E-state index in [0.29, 0.717) is 32.5 Å². The van der Waals surface area contributed by atoms with Crippen LogP contribution in [0.15, 0.2) is 24.3 Å². The number of amides is 1. The summed E-state index contributed by atoms with van der Waals surface area (Å²) in [5.41, 5.74) is 0. The van der Waals surface area contributed by atoms with Crippen LogP contribution in [0.1, 0.15) is 26.7 Å². The second kappa shape index (κ2) is 9.67. The average molecular weight is 304 g/mol. The summed E-state index contributed by atoms with van der Waals surface area (Å²) in [7, 11) is 1.61. The summed E-state index contributed by atoms with van der Waals surface area (Å²) in [4.78, 5) is 13.8. The highest BCUT2D eigenvalue weighted by Crippen LogP contribution is 2.19. The highest BCUT2D eigenvalue weighted by Gasteiger charge is 2.21. The molecule has 0 heterocycles. The fourth-order valence-corrected chi connectivity index (χ4v) is 2.17. The van der Waals surface area contributed by atoms with Gasteiger partial charge in [-0.3, -0.25) is 4.79 Å². The van der Waals surface area contributed by atoms with Gasteiger partial charge in [0.1, 0.15) is 17.4 Å². The summed E-state index contributed by atoms with van der Waals surface area (Å²) in [5.74, 6) is 0.787. The van der Waals surface area contributed by atoms with Crippen LogP contribution in [0.3, 0.4) is 0 Å². The molecule has 1 unspecified atom stereocenters. The largest absolute Gasteiger partial charge is 0.497 e. The van der Waals surface area contributed by atoms with E-state index in [9.17, 15) is 4.79 Å². The number of ether oxygens (including phenoxy) is 2. The molecule has 0 aliphatic rings. The molecular weight excluding hydrogens is 280 g/mol. The van der Waals surface area contributed by atoms with Crippen LogP contribution < -0.4 is 9.47 Å². The first-order valence-electron chi connectivity index (χ1n) is 7.61. The molecule has 0 saturated carbocycles. The van der Waals surface area contributed by atoms with Crippen molar-refractivity contribution in [3.05, 3.63) is 24.3 Å². The zero-order valence-electron chi connectivity index (χ0n) is 13.5. The maximum Gasteiger partial charge on any atom is 0.239 e. The van der Waals surface area contributed by atoms with Crippen molar-refractivity contribution in [1.82, 2.24) is 4.90 Å². The molecule has 5 heteroatoms. The van der Waals surface area contributed by atoms with Gasteiger partial charge in [0.25, 0.3) is 0 Å². The molecule has 1 amide bonds. The van der Waals surface area contributed by atoms with Gasteiger partial charge in [0.05, 0.1) is 19.8 Å². The predicted octanol–water partition coefficient (Wildman–Crippen LogP) is 2.86. The fraction of sp³-hybridized carbons (Fsp3) is 0.529. The molecule has 0 bridgehead atoms. The standard InChI is InChI=1S/C17H24N2O3/c1-4-19(5-2)17(20)14(13-18)8-7-11-22-16-10-6-9-15(12-16)21-3/h6,9-10,12,14H,4-5,7-8,11H2,1-3H3. The number of carbonyl (C=O) groups is 1. The van der Waals surface area contributed by atoms with Gasteiger partial charge in [-0.25, -0.2) is 0 Å². The Morgan fingerprint density at radius 2 is 2.00 bits per heavy atom.